The van der Waals surface area contributed by atoms with Gasteiger partial charge in [0.15, 0.2) is 0 Å². The first-order valence-electron chi connectivity index (χ1n) is 19.3. The summed E-state index contributed by atoms with van der Waals surface area (Å²) in [6, 6.07) is 72.2. The van der Waals surface area contributed by atoms with Crippen LogP contribution in [0.2, 0.25) is 0 Å². The van der Waals surface area contributed by atoms with E-state index in [1.165, 1.54) is 110 Å². The summed E-state index contributed by atoms with van der Waals surface area (Å²) in [6.45, 7) is 4.73. The predicted molar refractivity (Wildman–Crippen MR) is 236 cm³/mol. The average molecular weight is 699 g/mol. The van der Waals surface area contributed by atoms with E-state index in [1.807, 2.05) is 0 Å². The average Bonchev–Trinajstić information content (AvgIpc) is 3.46. The Morgan fingerprint density at radius 3 is 1.44 bits per heavy atom. The normalized spacial score (nSPS) is 13.1. The second-order valence-corrected chi connectivity index (χ2v) is 15.6. The summed E-state index contributed by atoms with van der Waals surface area (Å²) in [7, 11) is 0. The minimum atomic E-state index is -0.0409. The van der Waals surface area contributed by atoms with E-state index in [2.05, 4.69) is 208 Å². The molecule has 0 heterocycles. The highest BCUT2D eigenvalue weighted by Crippen LogP contribution is 2.51. The molecule has 1 aliphatic rings. The predicted octanol–water partition coefficient (Wildman–Crippen LogP) is 15.3. The number of benzene rings is 10. The van der Waals surface area contributed by atoms with Crippen LogP contribution in [0.4, 0.5) is 0 Å². The SMILES string of the molecule is CC1(C)c2ccc(-c3ccc(-c4c5ccccc5c(-c5ccccc5-c5cccc6ccccc56)c5ccccc45)cc3)cc2-c2cc3ccccc3cc21. The standard InChI is InChI=1S/C55H38/c1-55(2)51-31-30-40(33-49(51)50-32-38-15-3-4-16-39(38)34-52(50)55)35-26-28-37(29-27-35)53-45-21-9-11-23-47(45)54(48-24-12-10-22-46(48)53)44-20-8-7-19-43(44)42-25-13-17-36-14-5-6-18-41(36)42/h3-34H,1-2H3. The summed E-state index contributed by atoms with van der Waals surface area (Å²) in [4.78, 5) is 0. The van der Waals surface area contributed by atoms with Crippen LogP contribution in [0.15, 0.2) is 194 Å². The van der Waals surface area contributed by atoms with Gasteiger partial charge in [0.1, 0.15) is 0 Å². The Morgan fingerprint density at radius 2 is 0.745 bits per heavy atom. The van der Waals surface area contributed by atoms with Gasteiger partial charge in [-0.2, -0.15) is 0 Å². The molecule has 0 saturated heterocycles. The van der Waals surface area contributed by atoms with Crippen LogP contribution in [-0.4, -0.2) is 0 Å². The topological polar surface area (TPSA) is 0 Å². The molecule has 0 N–H and O–H groups in total. The van der Waals surface area contributed by atoms with Crippen molar-refractivity contribution in [2.75, 3.05) is 0 Å². The van der Waals surface area contributed by atoms with Crippen molar-refractivity contribution in [1.82, 2.24) is 0 Å². The number of hydrogen-bond acceptors (Lipinski definition) is 0. The molecule has 0 spiro atoms. The molecule has 0 aromatic heterocycles. The van der Waals surface area contributed by atoms with Crippen molar-refractivity contribution in [2.24, 2.45) is 0 Å². The van der Waals surface area contributed by atoms with Gasteiger partial charge in [-0.25, -0.2) is 0 Å². The van der Waals surface area contributed by atoms with Gasteiger partial charge in [-0.15, -0.1) is 0 Å². The van der Waals surface area contributed by atoms with Gasteiger partial charge in [-0.1, -0.05) is 190 Å². The third-order valence-corrected chi connectivity index (χ3v) is 12.3. The van der Waals surface area contributed by atoms with Crippen LogP contribution in [0.25, 0.3) is 98.7 Å². The molecule has 1 aliphatic carbocycles. The van der Waals surface area contributed by atoms with E-state index in [4.69, 9.17) is 0 Å². The molecular formula is C55H38. The zero-order valence-electron chi connectivity index (χ0n) is 31.0. The molecule has 0 atom stereocenters. The van der Waals surface area contributed by atoms with Crippen LogP contribution in [0.1, 0.15) is 25.0 Å². The van der Waals surface area contributed by atoms with Crippen molar-refractivity contribution in [2.45, 2.75) is 19.3 Å². The summed E-state index contributed by atoms with van der Waals surface area (Å²) in [5.41, 5.74) is 15.5. The number of fused-ring (bicyclic) bond motifs is 7. The summed E-state index contributed by atoms with van der Waals surface area (Å²) in [5, 5.41) is 10.2. The van der Waals surface area contributed by atoms with E-state index in [9.17, 15) is 0 Å². The van der Waals surface area contributed by atoms with Crippen molar-refractivity contribution in [1.29, 1.82) is 0 Å². The second kappa shape index (κ2) is 12.1. The van der Waals surface area contributed by atoms with Crippen LogP contribution in [-0.2, 0) is 5.41 Å². The zero-order chi connectivity index (χ0) is 36.7. The van der Waals surface area contributed by atoms with Crippen LogP contribution in [0.3, 0.4) is 0 Å². The second-order valence-electron chi connectivity index (χ2n) is 15.6. The molecule has 11 rings (SSSR count). The lowest BCUT2D eigenvalue weighted by molar-refractivity contribution is 0.661. The molecule has 10 aromatic rings. The van der Waals surface area contributed by atoms with E-state index in [0.717, 1.165) is 0 Å². The molecule has 55 heavy (non-hydrogen) atoms. The highest BCUT2D eigenvalue weighted by Gasteiger charge is 2.35. The molecule has 0 fully saturated rings. The van der Waals surface area contributed by atoms with Gasteiger partial charge in [-0.05, 0) is 128 Å². The first-order chi connectivity index (χ1) is 27.0. The largest absolute Gasteiger partial charge is 0.0616 e. The Morgan fingerprint density at radius 1 is 0.273 bits per heavy atom. The Labute approximate surface area is 322 Å². The smallest absolute Gasteiger partial charge is 0.0159 e. The zero-order valence-corrected chi connectivity index (χ0v) is 31.0. The fourth-order valence-corrected chi connectivity index (χ4v) is 9.57. The Bertz CT molecular complexity index is 3100. The van der Waals surface area contributed by atoms with Gasteiger partial charge in [0.25, 0.3) is 0 Å². The first-order valence-corrected chi connectivity index (χ1v) is 19.3. The third-order valence-electron chi connectivity index (χ3n) is 12.3. The molecule has 10 aromatic carbocycles. The molecule has 0 amide bonds. The Balaban J connectivity index is 1.06. The number of hydrogen-bond donors (Lipinski definition) is 0. The lowest BCUT2D eigenvalue weighted by Crippen LogP contribution is -2.14. The maximum atomic E-state index is 2.42. The molecule has 0 unspecified atom stereocenters. The van der Waals surface area contributed by atoms with Crippen molar-refractivity contribution in [3.8, 4) is 55.6 Å². The quantitative estimate of drug-likeness (QED) is 0.161. The minimum absolute atomic E-state index is 0.0409. The maximum Gasteiger partial charge on any atom is 0.0159 e. The highest BCUT2D eigenvalue weighted by atomic mass is 14.4. The molecular weight excluding hydrogens is 661 g/mol. The monoisotopic (exact) mass is 698 g/mol. The summed E-state index contributed by atoms with van der Waals surface area (Å²) >= 11 is 0. The van der Waals surface area contributed by atoms with E-state index in [-0.39, 0.29) is 5.41 Å². The molecule has 0 aliphatic heterocycles. The van der Waals surface area contributed by atoms with E-state index < -0.39 is 0 Å². The summed E-state index contributed by atoms with van der Waals surface area (Å²) < 4.78 is 0. The van der Waals surface area contributed by atoms with Gasteiger partial charge in [0, 0.05) is 5.41 Å². The van der Waals surface area contributed by atoms with Gasteiger partial charge in [0.05, 0.1) is 0 Å². The van der Waals surface area contributed by atoms with E-state index >= 15 is 0 Å². The van der Waals surface area contributed by atoms with Crippen LogP contribution < -0.4 is 0 Å². The Kier molecular flexibility index (Phi) is 7.00. The summed E-state index contributed by atoms with van der Waals surface area (Å²) in [6.07, 6.45) is 0. The van der Waals surface area contributed by atoms with Gasteiger partial charge in [-0.3, -0.25) is 0 Å². The Hall–Kier alpha value is -6.76. The molecule has 0 heteroatoms. The molecule has 0 saturated carbocycles. The van der Waals surface area contributed by atoms with Crippen molar-refractivity contribution < 1.29 is 0 Å². The lowest BCUT2D eigenvalue weighted by Gasteiger charge is -2.22. The molecule has 0 bridgehead atoms. The van der Waals surface area contributed by atoms with Crippen LogP contribution in [0.5, 0.6) is 0 Å². The maximum absolute atomic E-state index is 2.42. The third kappa shape index (κ3) is 4.85. The highest BCUT2D eigenvalue weighted by molar-refractivity contribution is 6.22. The van der Waals surface area contributed by atoms with Crippen LogP contribution in [0, 0.1) is 0 Å². The van der Waals surface area contributed by atoms with Gasteiger partial charge in [0.2, 0.25) is 0 Å². The van der Waals surface area contributed by atoms with Gasteiger partial charge < -0.3 is 0 Å². The fraction of sp³-hybridized carbons (Fsp3) is 0.0545. The number of rotatable bonds is 4. The molecule has 0 radical (unpaired) electrons. The van der Waals surface area contributed by atoms with Gasteiger partial charge >= 0.3 is 0 Å². The van der Waals surface area contributed by atoms with Crippen molar-refractivity contribution in [3.63, 3.8) is 0 Å². The fourth-order valence-electron chi connectivity index (χ4n) is 9.57. The molecule has 258 valence electrons. The first kappa shape index (κ1) is 31.7. The minimum Gasteiger partial charge on any atom is -0.0616 e. The lowest BCUT2D eigenvalue weighted by atomic mass is 9.81. The van der Waals surface area contributed by atoms with E-state index in [0.29, 0.717) is 0 Å². The van der Waals surface area contributed by atoms with E-state index in [1.54, 1.807) is 0 Å². The summed E-state index contributed by atoms with van der Waals surface area (Å²) in [5.74, 6) is 0. The molecule has 0 nitrogen and oxygen atoms in total. The van der Waals surface area contributed by atoms with Crippen LogP contribution >= 0.6 is 0 Å². The van der Waals surface area contributed by atoms with Crippen molar-refractivity contribution in [3.05, 3.63) is 205 Å². The van der Waals surface area contributed by atoms with Crippen molar-refractivity contribution >= 4 is 43.1 Å².